The van der Waals surface area contributed by atoms with Crippen molar-refractivity contribution in [3.8, 4) is 0 Å². The highest BCUT2D eigenvalue weighted by Gasteiger charge is 2.10. The second-order valence-corrected chi connectivity index (χ2v) is 3.82. The van der Waals surface area contributed by atoms with Crippen LogP contribution in [-0.2, 0) is 9.59 Å². The molecule has 0 radical (unpaired) electrons. The SMILES string of the molecule is CCC(=O)SC(C)CC(N)=O. The lowest BCUT2D eigenvalue weighted by Gasteiger charge is -2.05. The highest BCUT2D eigenvalue weighted by Crippen LogP contribution is 2.15. The van der Waals surface area contributed by atoms with Crippen LogP contribution in [0, 0.1) is 0 Å². The van der Waals surface area contributed by atoms with Crippen LogP contribution in [0.1, 0.15) is 26.7 Å². The summed E-state index contributed by atoms with van der Waals surface area (Å²) >= 11 is 1.19. The van der Waals surface area contributed by atoms with Crippen LogP contribution in [0.3, 0.4) is 0 Å². The first-order valence-electron chi connectivity index (χ1n) is 3.54. The molecule has 1 unspecified atom stereocenters. The summed E-state index contributed by atoms with van der Waals surface area (Å²) in [7, 11) is 0. The van der Waals surface area contributed by atoms with Crippen LogP contribution in [0.5, 0.6) is 0 Å². The van der Waals surface area contributed by atoms with E-state index in [0.717, 1.165) is 0 Å². The van der Waals surface area contributed by atoms with Crippen LogP contribution < -0.4 is 5.73 Å². The van der Waals surface area contributed by atoms with Gasteiger partial charge in [-0.3, -0.25) is 9.59 Å². The molecule has 64 valence electrons. The van der Waals surface area contributed by atoms with Gasteiger partial charge in [0.15, 0.2) is 5.12 Å². The van der Waals surface area contributed by atoms with E-state index in [2.05, 4.69) is 0 Å². The third kappa shape index (κ3) is 5.91. The Morgan fingerprint density at radius 2 is 2.09 bits per heavy atom. The van der Waals surface area contributed by atoms with Gasteiger partial charge >= 0.3 is 0 Å². The molecule has 1 amide bonds. The predicted octanol–water partition coefficient (Wildman–Crippen LogP) is 0.920. The lowest BCUT2D eigenvalue weighted by atomic mass is 10.3. The van der Waals surface area contributed by atoms with Crippen molar-refractivity contribution in [1.82, 2.24) is 0 Å². The monoisotopic (exact) mass is 175 g/mol. The van der Waals surface area contributed by atoms with Gasteiger partial charge in [-0.2, -0.15) is 0 Å². The Balaban J connectivity index is 3.60. The molecule has 1 atom stereocenters. The number of nitrogens with two attached hydrogens (primary N) is 1. The Bertz CT molecular complexity index is 159. The van der Waals surface area contributed by atoms with E-state index in [9.17, 15) is 9.59 Å². The Kier molecular flexibility index (Phi) is 4.94. The van der Waals surface area contributed by atoms with Gasteiger partial charge in [0.2, 0.25) is 5.91 Å². The molecule has 0 aromatic rings. The molecule has 0 heterocycles. The van der Waals surface area contributed by atoms with Crippen molar-refractivity contribution in [3.05, 3.63) is 0 Å². The minimum Gasteiger partial charge on any atom is -0.370 e. The number of thioether (sulfide) groups is 1. The van der Waals surface area contributed by atoms with Crippen molar-refractivity contribution in [2.45, 2.75) is 31.9 Å². The first-order chi connectivity index (χ1) is 5.06. The lowest BCUT2D eigenvalue weighted by molar-refractivity contribution is -0.117. The van der Waals surface area contributed by atoms with Gasteiger partial charge in [-0.1, -0.05) is 25.6 Å². The van der Waals surface area contributed by atoms with E-state index in [1.807, 2.05) is 6.92 Å². The molecule has 0 saturated heterocycles. The molecule has 4 heteroatoms. The largest absolute Gasteiger partial charge is 0.370 e. The van der Waals surface area contributed by atoms with Crippen LogP contribution >= 0.6 is 11.8 Å². The smallest absolute Gasteiger partial charge is 0.218 e. The third-order valence-corrected chi connectivity index (χ3v) is 2.23. The summed E-state index contributed by atoms with van der Waals surface area (Å²) in [6, 6.07) is 0. The first kappa shape index (κ1) is 10.5. The average molecular weight is 175 g/mol. The third-order valence-electron chi connectivity index (χ3n) is 1.11. The summed E-state index contributed by atoms with van der Waals surface area (Å²) in [5.41, 5.74) is 4.95. The fraction of sp³-hybridized carbons (Fsp3) is 0.714. The highest BCUT2D eigenvalue weighted by molar-refractivity contribution is 8.14. The molecule has 0 rings (SSSR count). The maximum atomic E-state index is 10.8. The van der Waals surface area contributed by atoms with E-state index < -0.39 is 0 Å². The summed E-state index contributed by atoms with van der Waals surface area (Å²) in [5, 5.41) is 0.124. The summed E-state index contributed by atoms with van der Waals surface area (Å²) in [5.74, 6) is -0.353. The summed E-state index contributed by atoms with van der Waals surface area (Å²) in [6.07, 6.45) is 0.782. The number of carbonyl (C=O) groups is 2. The van der Waals surface area contributed by atoms with Crippen molar-refractivity contribution >= 4 is 22.8 Å². The molecular weight excluding hydrogens is 162 g/mol. The van der Waals surface area contributed by atoms with Crippen molar-refractivity contribution in [2.24, 2.45) is 5.73 Å². The van der Waals surface area contributed by atoms with Gasteiger partial charge in [0.25, 0.3) is 0 Å². The van der Waals surface area contributed by atoms with Crippen LogP contribution in [0.15, 0.2) is 0 Å². The number of hydrogen-bond donors (Lipinski definition) is 1. The van der Waals surface area contributed by atoms with E-state index in [4.69, 9.17) is 5.73 Å². The second-order valence-electron chi connectivity index (χ2n) is 2.32. The number of carbonyl (C=O) groups excluding carboxylic acids is 2. The van der Waals surface area contributed by atoms with Gasteiger partial charge in [-0.25, -0.2) is 0 Å². The fourth-order valence-corrected chi connectivity index (χ4v) is 1.50. The molecule has 0 spiro atoms. The second kappa shape index (κ2) is 5.18. The average Bonchev–Trinajstić information content (AvgIpc) is 1.85. The number of amides is 1. The van der Waals surface area contributed by atoms with Crippen LogP contribution in [0.4, 0.5) is 0 Å². The minimum atomic E-state index is -0.353. The van der Waals surface area contributed by atoms with Gasteiger partial charge in [0, 0.05) is 18.1 Å². The zero-order valence-electron chi connectivity index (χ0n) is 6.79. The van der Waals surface area contributed by atoms with E-state index >= 15 is 0 Å². The van der Waals surface area contributed by atoms with Crippen molar-refractivity contribution in [1.29, 1.82) is 0 Å². The quantitative estimate of drug-likeness (QED) is 0.691. The lowest BCUT2D eigenvalue weighted by Crippen LogP contribution is -2.16. The van der Waals surface area contributed by atoms with Crippen molar-refractivity contribution < 1.29 is 9.59 Å². The van der Waals surface area contributed by atoms with E-state index in [1.54, 1.807) is 6.92 Å². The summed E-state index contributed by atoms with van der Waals surface area (Å²) < 4.78 is 0. The van der Waals surface area contributed by atoms with Crippen LogP contribution in [-0.4, -0.2) is 16.3 Å². The molecule has 0 aromatic heterocycles. The fourth-order valence-electron chi connectivity index (χ4n) is 0.633. The number of hydrogen-bond acceptors (Lipinski definition) is 3. The maximum Gasteiger partial charge on any atom is 0.218 e. The zero-order valence-corrected chi connectivity index (χ0v) is 7.61. The molecule has 0 aromatic carbocycles. The van der Waals surface area contributed by atoms with E-state index in [1.165, 1.54) is 11.8 Å². The molecule has 11 heavy (non-hydrogen) atoms. The normalized spacial score (nSPS) is 12.5. The van der Waals surface area contributed by atoms with Gasteiger partial charge in [-0.15, -0.1) is 0 Å². The molecule has 3 nitrogen and oxygen atoms in total. The van der Waals surface area contributed by atoms with E-state index in [-0.39, 0.29) is 22.7 Å². The molecule has 0 aliphatic rings. The Hall–Kier alpha value is -0.510. The molecule has 0 aliphatic carbocycles. The number of rotatable bonds is 4. The topological polar surface area (TPSA) is 60.2 Å². The molecule has 0 aliphatic heterocycles. The van der Waals surface area contributed by atoms with Gasteiger partial charge < -0.3 is 5.73 Å². The molecule has 0 bridgehead atoms. The van der Waals surface area contributed by atoms with Gasteiger partial charge in [-0.05, 0) is 0 Å². The van der Waals surface area contributed by atoms with E-state index in [0.29, 0.717) is 6.42 Å². The first-order valence-corrected chi connectivity index (χ1v) is 4.42. The zero-order chi connectivity index (χ0) is 8.85. The maximum absolute atomic E-state index is 10.8. The minimum absolute atomic E-state index is 0.0138. The van der Waals surface area contributed by atoms with Gasteiger partial charge in [0.05, 0.1) is 0 Å². The van der Waals surface area contributed by atoms with Gasteiger partial charge in [0.1, 0.15) is 0 Å². The predicted molar refractivity (Wildman–Crippen MR) is 46.2 cm³/mol. The highest BCUT2D eigenvalue weighted by atomic mass is 32.2. The summed E-state index contributed by atoms with van der Waals surface area (Å²) in [6.45, 7) is 3.62. The van der Waals surface area contributed by atoms with Crippen molar-refractivity contribution in [2.75, 3.05) is 0 Å². The standard InChI is InChI=1S/C7H13NO2S/c1-3-7(10)11-5(2)4-6(8)9/h5H,3-4H2,1-2H3,(H2,8,9). The number of primary amides is 1. The van der Waals surface area contributed by atoms with Crippen LogP contribution in [0.2, 0.25) is 0 Å². The Labute approximate surface area is 70.7 Å². The molecule has 0 saturated carbocycles. The Morgan fingerprint density at radius 3 is 2.45 bits per heavy atom. The molecular formula is C7H13NO2S. The molecule has 2 N–H and O–H groups in total. The Morgan fingerprint density at radius 1 is 1.55 bits per heavy atom. The van der Waals surface area contributed by atoms with Crippen molar-refractivity contribution in [3.63, 3.8) is 0 Å². The summed E-state index contributed by atoms with van der Waals surface area (Å²) in [4.78, 5) is 21.2. The van der Waals surface area contributed by atoms with Crippen LogP contribution in [0.25, 0.3) is 0 Å². The molecule has 0 fully saturated rings.